The molecule has 1 aromatic heterocycles. The predicted molar refractivity (Wildman–Crippen MR) is 136 cm³/mol. The minimum absolute atomic E-state index is 0.0185. The van der Waals surface area contributed by atoms with Crippen LogP contribution in [-0.2, 0) is 14.2 Å². The summed E-state index contributed by atoms with van der Waals surface area (Å²) in [5, 5.41) is 12.3. The fourth-order valence-corrected chi connectivity index (χ4v) is 4.58. The fraction of sp³-hybridized carbons (Fsp3) is 0.370. The van der Waals surface area contributed by atoms with Crippen molar-refractivity contribution in [1.29, 1.82) is 0 Å². The first-order valence-electron chi connectivity index (χ1n) is 11.8. The van der Waals surface area contributed by atoms with Crippen LogP contribution in [0.15, 0.2) is 51.7 Å². The maximum Gasteiger partial charge on any atom is 0.506 e. The summed E-state index contributed by atoms with van der Waals surface area (Å²) in [5.41, 5.74) is -0.548. The predicted octanol–water partition coefficient (Wildman–Crippen LogP) is 4.34. The number of fused-ring (bicyclic) bond motifs is 1. The van der Waals surface area contributed by atoms with E-state index in [1.54, 1.807) is 57.2 Å². The number of carboxylic acid groups (broad SMARTS) is 1. The number of carbonyl (C=O) groups excluding carboxylic acids is 1. The maximum absolute atomic E-state index is 12.7. The van der Waals surface area contributed by atoms with Crippen LogP contribution in [-0.4, -0.2) is 55.5 Å². The molecule has 0 unspecified atom stereocenters. The molecule has 0 aliphatic carbocycles. The molecule has 11 heteroatoms. The molecular formula is C27H29NO10. The van der Waals surface area contributed by atoms with E-state index in [2.05, 4.69) is 5.32 Å². The van der Waals surface area contributed by atoms with Gasteiger partial charge in [0.2, 0.25) is 6.29 Å². The van der Waals surface area contributed by atoms with Crippen LogP contribution in [0.1, 0.15) is 36.2 Å². The van der Waals surface area contributed by atoms with E-state index >= 15 is 0 Å². The van der Waals surface area contributed by atoms with E-state index in [4.69, 9.17) is 33.2 Å². The van der Waals surface area contributed by atoms with Gasteiger partial charge >= 0.3 is 11.8 Å². The standard InChI is InChI=1S/C27H29NO10/c1-14-19(35-21-13-20(36-26(31)32)23(34-5)27(2,3)38-21)10-9-15-12-18(25(30)37-22(14)15)28-24(29)16-7-6-8-17(11-16)33-4/h6-12,20-21,23H,13H2,1-5H3,(H,28,29)(H,31,32)/t20-,21+,23+/m0/s1. The number of methoxy groups -OCH3 is 2. The number of rotatable bonds is 7. The second-order valence-corrected chi connectivity index (χ2v) is 9.32. The number of hydrogen-bond donors (Lipinski definition) is 2. The average Bonchev–Trinajstić information content (AvgIpc) is 2.86. The zero-order chi connectivity index (χ0) is 27.6. The number of anilines is 1. The van der Waals surface area contributed by atoms with Gasteiger partial charge in [0.05, 0.1) is 19.1 Å². The van der Waals surface area contributed by atoms with Crippen LogP contribution in [0.4, 0.5) is 10.5 Å². The van der Waals surface area contributed by atoms with E-state index in [0.29, 0.717) is 28.0 Å². The molecule has 4 rings (SSSR count). The minimum Gasteiger partial charge on any atom is -0.497 e. The average molecular weight is 528 g/mol. The van der Waals surface area contributed by atoms with E-state index < -0.39 is 41.8 Å². The molecule has 1 aliphatic heterocycles. The summed E-state index contributed by atoms with van der Waals surface area (Å²) in [6, 6.07) is 11.4. The maximum atomic E-state index is 12.7. The highest BCUT2D eigenvalue weighted by Crippen LogP contribution is 2.36. The Kier molecular flexibility index (Phi) is 7.61. The molecule has 1 aliphatic rings. The summed E-state index contributed by atoms with van der Waals surface area (Å²) in [4.78, 5) is 36.6. The number of aryl methyl sites for hydroxylation is 1. The third kappa shape index (κ3) is 5.58. The van der Waals surface area contributed by atoms with Gasteiger partial charge in [0.25, 0.3) is 5.91 Å². The number of ether oxygens (including phenoxy) is 5. The molecule has 202 valence electrons. The molecule has 0 bridgehead atoms. The lowest BCUT2D eigenvalue weighted by molar-refractivity contribution is -0.265. The first-order chi connectivity index (χ1) is 18.0. The Balaban J connectivity index is 1.57. The van der Waals surface area contributed by atoms with Gasteiger partial charge in [-0.3, -0.25) is 4.79 Å². The summed E-state index contributed by atoms with van der Waals surface area (Å²) in [5.74, 6) is 0.395. The molecule has 3 atom stereocenters. The van der Waals surface area contributed by atoms with Crippen molar-refractivity contribution >= 4 is 28.7 Å². The van der Waals surface area contributed by atoms with Crippen LogP contribution >= 0.6 is 0 Å². The second kappa shape index (κ2) is 10.7. The van der Waals surface area contributed by atoms with E-state index in [1.807, 2.05) is 0 Å². The Morgan fingerprint density at radius 1 is 1.13 bits per heavy atom. The molecule has 38 heavy (non-hydrogen) atoms. The molecule has 3 aromatic rings. The normalized spacial score (nSPS) is 20.5. The van der Waals surface area contributed by atoms with Gasteiger partial charge in [0, 0.05) is 23.6 Å². The molecular weight excluding hydrogens is 498 g/mol. The van der Waals surface area contributed by atoms with Crippen molar-refractivity contribution in [3.63, 3.8) is 0 Å². The SMILES string of the molecule is COc1cccc(C(=O)Nc2cc3ccc(O[C@H]4C[C@H](OC(=O)O)[C@@H](OC)C(C)(C)O4)c(C)c3oc2=O)c1. The highest BCUT2D eigenvalue weighted by Gasteiger charge is 2.47. The Bertz CT molecular complexity index is 1410. The Morgan fingerprint density at radius 3 is 2.58 bits per heavy atom. The molecule has 2 aromatic carbocycles. The largest absolute Gasteiger partial charge is 0.506 e. The van der Waals surface area contributed by atoms with Crippen molar-refractivity contribution in [1.82, 2.24) is 0 Å². The molecule has 2 heterocycles. The smallest absolute Gasteiger partial charge is 0.497 e. The van der Waals surface area contributed by atoms with Gasteiger partial charge in [-0.2, -0.15) is 0 Å². The minimum atomic E-state index is -1.42. The number of hydrogen-bond acceptors (Lipinski definition) is 9. The van der Waals surface area contributed by atoms with Crippen LogP contribution in [0.2, 0.25) is 0 Å². The highest BCUT2D eigenvalue weighted by atomic mass is 16.7. The second-order valence-electron chi connectivity index (χ2n) is 9.32. The van der Waals surface area contributed by atoms with Crippen molar-refractivity contribution in [2.24, 2.45) is 0 Å². The first-order valence-corrected chi connectivity index (χ1v) is 11.8. The Morgan fingerprint density at radius 2 is 1.89 bits per heavy atom. The lowest BCUT2D eigenvalue weighted by Crippen LogP contribution is -2.57. The van der Waals surface area contributed by atoms with Crippen LogP contribution < -0.4 is 20.4 Å². The van der Waals surface area contributed by atoms with Crippen molar-refractivity contribution in [3.05, 3.63) is 64.0 Å². The van der Waals surface area contributed by atoms with Gasteiger partial charge in [-0.15, -0.1) is 0 Å². The molecule has 11 nitrogen and oxygen atoms in total. The monoisotopic (exact) mass is 527 g/mol. The van der Waals surface area contributed by atoms with Crippen LogP contribution in [0.3, 0.4) is 0 Å². The zero-order valence-corrected chi connectivity index (χ0v) is 21.6. The van der Waals surface area contributed by atoms with Gasteiger partial charge in [0.1, 0.15) is 35.0 Å². The van der Waals surface area contributed by atoms with Gasteiger partial charge < -0.3 is 38.5 Å². The van der Waals surface area contributed by atoms with Crippen LogP contribution in [0.25, 0.3) is 11.0 Å². The summed E-state index contributed by atoms with van der Waals surface area (Å²) < 4.78 is 33.2. The molecule has 2 N–H and O–H groups in total. The van der Waals surface area contributed by atoms with E-state index in [-0.39, 0.29) is 17.7 Å². The molecule has 1 amide bonds. The summed E-state index contributed by atoms with van der Waals surface area (Å²) in [6.45, 7) is 5.22. The van der Waals surface area contributed by atoms with Gasteiger partial charge in [-0.1, -0.05) is 6.07 Å². The molecule has 0 radical (unpaired) electrons. The van der Waals surface area contributed by atoms with Crippen molar-refractivity contribution in [2.75, 3.05) is 19.5 Å². The molecule has 0 spiro atoms. The van der Waals surface area contributed by atoms with Crippen LogP contribution in [0.5, 0.6) is 11.5 Å². The lowest BCUT2D eigenvalue weighted by atomic mass is 9.91. The number of carbonyl (C=O) groups is 2. The highest BCUT2D eigenvalue weighted by molar-refractivity contribution is 6.05. The molecule has 1 saturated heterocycles. The molecule has 1 fully saturated rings. The van der Waals surface area contributed by atoms with Gasteiger partial charge in [-0.25, -0.2) is 9.59 Å². The topological polar surface area (TPSA) is 143 Å². The summed E-state index contributed by atoms with van der Waals surface area (Å²) in [7, 11) is 2.95. The van der Waals surface area contributed by atoms with Gasteiger partial charge in [0.15, 0.2) is 0 Å². The number of amides is 1. The van der Waals surface area contributed by atoms with Gasteiger partial charge in [-0.05, 0) is 57.2 Å². The first kappa shape index (κ1) is 27.0. The number of nitrogens with one attached hydrogen (secondary N) is 1. The van der Waals surface area contributed by atoms with E-state index in [9.17, 15) is 14.4 Å². The van der Waals surface area contributed by atoms with E-state index in [0.717, 1.165) is 0 Å². The number of benzene rings is 2. The van der Waals surface area contributed by atoms with Crippen molar-refractivity contribution in [2.45, 2.75) is 51.3 Å². The Labute approximate surface area is 218 Å². The summed E-state index contributed by atoms with van der Waals surface area (Å²) >= 11 is 0. The lowest BCUT2D eigenvalue weighted by Gasteiger charge is -2.44. The van der Waals surface area contributed by atoms with Crippen molar-refractivity contribution < 1.29 is 42.8 Å². The Hall–Kier alpha value is -4.09. The third-order valence-corrected chi connectivity index (χ3v) is 6.33. The zero-order valence-electron chi connectivity index (χ0n) is 21.6. The van der Waals surface area contributed by atoms with E-state index in [1.165, 1.54) is 20.3 Å². The van der Waals surface area contributed by atoms with Crippen LogP contribution in [0, 0.1) is 6.92 Å². The quantitative estimate of drug-likeness (QED) is 0.336. The van der Waals surface area contributed by atoms with Crippen molar-refractivity contribution in [3.8, 4) is 11.5 Å². The fourth-order valence-electron chi connectivity index (χ4n) is 4.58. The third-order valence-electron chi connectivity index (χ3n) is 6.33. The molecule has 0 saturated carbocycles. The summed E-state index contributed by atoms with van der Waals surface area (Å²) in [6.07, 6.45) is -3.65.